The van der Waals surface area contributed by atoms with Crippen molar-refractivity contribution in [3.05, 3.63) is 40.8 Å². The summed E-state index contributed by atoms with van der Waals surface area (Å²) in [5, 5.41) is 0.905. The number of hydrogen-bond donors (Lipinski definition) is 1. The number of rotatable bonds is 3. The highest BCUT2D eigenvalue weighted by Gasteiger charge is 2.08. The van der Waals surface area contributed by atoms with Crippen LogP contribution in [0.25, 0.3) is 10.9 Å². The van der Waals surface area contributed by atoms with Crippen LogP contribution in [0.5, 0.6) is 0 Å². The minimum absolute atomic E-state index is 0.196. The molecule has 0 unspecified atom stereocenters. The third-order valence-corrected chi connectivity index (χ3v) is 2.94. The van der Waals surface area contributed by atoms with E-state index in [1.807, 2.05) is 19.9 Å². The van der Waals surface area contributed by atoms with E-state index in [0.717, 1.165) is 40.6 Å². The molecule has 0 saturated heterocycles. The zero-order chi connectivity index (χ0) is 12.4. The first-order valence-electron chi connectivity index (χ1n) is 5.88. The minimum Gasteiger partial charge on any atom is -0.330 e. The summed E-state index contributed by atoms with van der Waals surface area (Å²) in [5.41, 5.74) is 9.41. The molecular formula is C14H17FN2. The van der Waals surface area contributed by atoms with Crippen LogP contribution in [0.2, 0.25) is 0 Å². The molecule has 0 fully saturated rings. The van der Waals surface area contributed by atoms with Crippen LogP contribution in [-0.2, 0) is 6.42 Å². The lowest BCUT2D eigenvalue weighted by Gasteiger charge is -2.09. The van der Waals surface area contributed by atoms with Crippen LogP contribution in [0.1, 0.15) is 23.2 Å². The van der Waals surface area contributed by atoms with E-state index in [2.05, 4.69) is 4.98 Å². The Morgan fingerprint density at radius 3 is 2.71 bits per heavy atom. The topological polar surface area (TPSA) is 38.9 Å². The zero-order valence-electron chi connectivity index (χ0n) is 10.3. The van der Waals surface area contributed by atoms with Gasteiger partial charge in [0.15, 0.2) is 0 Å². The first-order valence-corrected chi connectivity index (χ1v) is 5.88. The Hall–Kier alpha value is -1.48. The van der Waals surface area contributed by atoms with Crippen LogP contribution in [-0.4, -0.2) is 11.5 Å². The predicted octanol–water partition coefficient (Wildman–Crippen LogP) is 2.88. The van der Waals surface area contributed by atoms with E-state index in [4.69, 9.17) is 5.73 Å². The van der Waals surface area contributed by atoms with Gasteiger partial charge < -0.3 is 5.73 Å². The molecule has 0 spiro atoms. The summed E-state index contributed by atoms with van der Waals surface area (Å²) in [5.74, 6) is -0.196. The molecule has 1 heterocycles. The van der Waals surface area contributed by atoms with E-state index < -0.39 is 0 Å². The largest absolute Gasteiger partial charge is 0.330 e. The Bertz CT molecular complexity index is 549. The molecule has 0 amide bonds. The molecule has 2 rings (SSSR count). The second-order valence-corrected chi connectivity index (χ2v) is 4.43. The van der Waals surface area contributed by atoms with Gasteiger partial charge in [-0.1, -0.05) is 0 Å². The van der Waals surface area contributed by atoms with Crippen molar-refractivity contribution < 1.29 is 4.39 Å². The van der Waals surface area contributed by atoms with Crippen molar-refractivity contribution in [2.75, 3.05) is 6.54 Å². The van der Waals surface area contributed by atoms with Crippen LogP contribution in [0, 0.1) is 19.7 Å². The molecule has 0 bridgehead atoms. The van der Waals surface area contributed by atoms with Crippen molar-refractivity contribution in [1.29, 1.82) is 0 Å². The van der Waals surface area contributed by atoms with Gasteiger partial charge in [0.25, 0.3) is 0 Å². The number of benzene rings is 1. The Morgan fingerprint density at radius 1 is 1.24 bits per heavy atom. The van der Waals surface area contributed by atoms with E-state index in [1.54, 1.807) is 12.1 Å². The van der Waals surface area contributed by atoms with Crippen molar-refractivity contribution in [2.24, 2.45) is 5.73 Å². The monoisotopic (exact) mass is 232 g/mol. The fraction of sp³-hybridized carbons (Fsp3) is 0.357. The molecule has 0 aliphatic carbocycles. The molecule has 2 nitrogen and oxygen atoms in total. The smallest absolute Gasteiger partial charge is 0.124 e. The van der Waals surface area contributed by atoms with E-state index in [0.29, 0.717) is 6.54 Å². The highest BCUT2D eigenvalue weighted by atomic mass is 19.1. The standard InChI is InChI=1S/C14H17FN2/c1-9-6-10(2)17-14-11(4-3-5-16)7-12(15)8-13(9)14/h6-8H,3-5,16H2,1-2H3. The molecule has 1 aromatic carbocycles. The normalized spacial score (nSPS) is 11.1. The molecule has 2 aromatic rings. The lowest BCUT2D eigenvalue weighted by Crippen LogP contribution is -2.02. The number of hydrogen-bond acceptors (Lipinski definition) is 2. The van der Waals surface area contributed by atoms with E-state index in [1.165, 1.54) is 0 Å². The van der Waals surface area contributed by atoms with Gasteiger partial charge in [-0.2, -0.15) is 0 Å². The third-order valence-electron chi connectivity index (χ3n) is 2.94. The van der Waals surface area contributed by atoms with Crippen molar-refractivity contribution >= 4 is 10.9 Å². The average molecular weight is 232 g/mol. The quantitative estimate of drug-likeness (QED) is 0.883. The van der Waals surface area contributed by atoms with E-state index in [-0.39, 0.29) is 5.82 Å². The first kappa shape index (κ1) is 12.0. The lowest BCUT2D eigenvalue weighted by atomic mass is 10.0. The van der Waals surface area contributed by atoms with Crippen LogP contribution < -0.4 is 5.73 Å². The summed E-state index contributed by atoms with van der Waals surface area (Å²) in [7, 11) is 0. The Morgan fingerprint density at radius 2 is 2.00 bits per heavy atom. The minimum atomic E-state index is -0.196. The Balaban J connectivity index is 2.64. The van der Waals surface area contributed by atoms with Gasteiger partial charge in [0.1, 0.15) is 5.82 Å². The lowest BCUT2D eigenvalue weighted by molar-refractivity contribution is 0.626. The molecule has 90 valence electrons. The van der Waals surface area contributed by atoms with E-state index in [9.17, 15) is 4.39 Å². The third kappa shape index (κ3) is 2.44. The molecule has 2 N–H and O–H groups in total. The van der Waals surface area contributed by atoms with Gasteiger partial charge in [-0.3, -0.25) is 4.98 Å². The SMILES string of the molecule is Cc1cc(C)c2cc(F)cc(CCCN)c2n1. The van der Waals surface area contributed by atoms with Crippen LogP contribution in [0.4, 0.5) is 4.39 Å². The molecule has 0 aliphatic heterocycles. The maximum absolute atomic E-state index is 13.5. The van der Waals surface area contributed by atoms with Gasteiger partial charge in [-0.05, 0) is 62.6 Å². The summed E-state index contributed by atoms with van der Waals surface area (Å²) in [6.45, 7) is 4.56. The summed E-state index contributed by atoms with van der Waals surface area (Å²) < 4.78 is 13.5. The van der Waals surface area contributed by atoms with Gasteiger partial charge in [0.05, 0.1) is 5.52 Å². The van der Waals surface area contributed by atoms with Gasteiger partial charge in [-0.15, -0.1) is 0 Å². The summed E-state index contributed by atoms with van der Waals surface area (Å²) in [6.07, 6.45) is 1.63. The van der Waals surface area contributed by atoms with Gasteiger partial charge in [0, 0.05) is 11.1 Å². The molecule has 0 aliphatic rings. The second-order valence-electron chi connectivity index (χ2n) is 4.43. The maximum Gasteiger partial charge on any atom is 0.124 e. The zero-order valence-corrected chi connectivity index (χ0v) is 10.3. The van der Waals surface area contributed by atoms with Gasteiger partial charge in [0.2, 0.25) is 0 Å². The maximum atomic E-state index is 13.5. The fourth-order valence-corrected chi connectivity index (χ4v) is 2.17. The summed E-state index contributed by atoms with van der Waals surface area (Å²) >= 11 is 0. The van der Waals surface area contributed by atoms with Gasteiger partial charge in [-0.25, -0.2) is 4.39 Å². The van der Waals surface area contributed by atoms with Crippen molar-refractivity contribution in [2.45, 2.75) is 26.7 Å². The summed E-state index contributed by atoms with van der Waals surface area (Å²) in [6, 6.07) is 5.11. The number of halogens is 1. The van der Waals surface area contributed by atoms with Gasteiger partial charge >= 0.3 is 0 Å². The van der Waals surface area contributed by atoms with E-state index >= 15 is 0 Å². The van der Waals surface area contributed by atoms with Crippen molar-refractivity contribution in [3.63, 3.8) is 0 Å². The first-order chi connectivity index (χ1) is 8.11. The number of fused-ring (bicyclic) bond motifs is 1. The molecule has 3 heteroatoms. The van der Waals surface area contributed by atoms with Crippen LogP contribution in [0.3, 0.4) is 0 Å². The molecule has 17 heavy (non-hydrogen) atoms. The van der Waals surface area contributed by atoms with Crippen molar-refractivity contribution in [1.82, 2.24) is 4.98 Å². The molecule has 1 aromatic heterocycles. The number of aryl methyl sites for hydroxylation is 3. The van der Waals surface area contributed by atoms with Crippen LogP contribution in [0.15, 0.2) is 18.2 Å². The predicted molar refractivity (Wildman–Crippen MR) is 68.6 cm³/mol. The number of nitrogens with zero attached hydrogens (tertiary/aromatic N) is 1. The highest BCUT2D eigenvalue weighted by molar-refractivity contribution is 5.85. The molecule has 0 saturated carbocycles. The second kappa shape index (κ2) is 4.80. The molecular weight excluding hydrogens is 215 g/mol. The van der Waals surface area contributed by atoms with Crippen LogP contribution >= 0.6 is 0 Å². The Labute approximate surface area is 101 Å². The Kier molecular flexibility index (Phi) is 3.38. The average Bonchev–Trinajstić information content (AvgIpc) is 2.27. The molecule has 0 radical (unpaired) electrons. The van der Waals surface area contributed by atoms with Crippen molar-refractivity contribution in [3.8, 4) is 0 Å². The number of nitrogens with two attached hydrogens (primary N) is 1. The fourth-order valence-electron chi connectivity index (χ4n) is 2.17. The number of aromatic nitrogens is 1. The summed E-state index contributed by atoms with van der Waals surface area (Å²) in [4.78, 5) is 4.52. The highest BCUT2D eigenvalue weighted by Crippen LogP contribution is 2.23. The molecule has 0 atom stereocenters. The number of pyridine rings is 1.